The largest absolute Gasteiger partial charge is 0.370 e. The second kappa shape index (κ2) is 12.5. The molecule has 1 amide bonds. The number of carbonyl (C=O) groups is 1. The van der Waals surface area contributed by atoms with E-state index in [4.69, 9.17) is 18.0 Å². The van der Waals surface area contributed by atoms with E-state index in [9.17, 15) is 9.18 Å². The number of carbonyl (C=O) groups excluding carboxylic acids is 1. The van der Waals surface area contributed by atoms with Gasteiger partial charge in [0.25, 0.3) is 5.91 Å². The van der Waals surface area contributed by atoms with E-state index in [-0.39, 0.29) is 40.0 Å². The molecule has 8 nitrogen and oxygen atoms in total. The molecule has 10 heteroatoms. The van der Waals surface area contributed by atoms with E-state index < -0.39 is 11.7 Å². The Kier molecular flexibility index (Phi) is 9.13. The zero-order valence-corrected chi connectivity index (χ0v) is 24.1. The summed E-state index contributed by atoms with van der Waals surface area (Å²) in [6.07, 6.45) is 8.89. The first-order valence-corrected chi connectivity index (χ1v) is 13.6. The highest BCUT2D eigenvalue weighted by Crippen LogP contribution is 2.40. The summed E-state index contributed by atoms with van der Waals surface area (Å²) in [5, 5.41) is 8.86. The van der Waals surface area contributed by atoms with Gasteiger partial charge in [-0.2, -0.15) is 4.98 Å². The van der Waals surface area contributed by atoms with Crippen LogP contribution in [-0.2, 0) is 5.41 Å². The summed E-state index contributed by atoms with van der Waals surface area (Å²) in [6.45, 7) is 7.45. The second-order valence-corrected chi connectivity index (χ2v) is 11.1. The number of fused-ring (bicyclic) bond motifs is 1. The van der Waals surface area contributed by atoms with Crippen molar-refractivity contribution in [1.82, 2.24) is 20.2 Å². The van der Waals surface area contributed by atoms with Crippen molar-refractivity contribution in [3.63, 3.8) is 0 Å². The molecule has 0 atom stereocenters. The lowest BCUT2D eigenvalue weighted by Crippen LogP contribution is -2.32. The number of halogens is 2. The van der Waals surface area contributed by atoms with E-state index in [1.807, 2.05) is 6.07 Å². The molecule has 0 bridgehead atoms. The third kappa shape index (κ3) is 6.82. The minimum atomic E-state index is -0.635. The Morgan fingerprint density at radius 1 is 1.25 bits per heavy atom. The molecular weight excluding hydrogens is 529 g/mol. The lowest BCUT2D eigenvalue weighted by molar-refractivity contribution is 0.0959. The molecule has 0 saturated heterocycles. The van der Waals surface area contributed by atoms with E-state index >= 15 is 0 Å². The third-order valence-electron chi connectivity index (χ3n) is 6.97. The van der Waals surface area contributed by atoms with Crippen LogP contribution in [0.15, 0.2) is 42.6 Å². The Bertz CT molecular complexity index is 1420. The molecule has 0 fully saturated rings. The normalized spacial score (nSPS) is 14.2. The molecular formula is C30H35ClFN7O. The molecule has 1 aromatic heterocycles. The Balaban J connectivity index is 1.63. The molecule has 2 heterocycles. The fourth-order valence-electron chi connectivity index (χ4n) is 4.79. The number of nitrogens with zero attached hydrogens (tertiary/aromatic N) is 4. The minimum absolute atomic E-state index is 0.0155. The standard InChI is InChI=1S/C30H35ClFN7O/c1-6-14-33-28(40)21-9-7-10-24(32)26(21)36-27-23(31)19-34-29(37-27)35-20-11-12-22-25(18-20)39(17-16-38(4)5)15-8-13-30(22,2)3/h1,7,9-12,18-19H,8,13-17H2,2-5H3,(H,33,40)(H2,34,35,36,37). The van der Waals surface area contributed by atoms with Gasteiger partial charge in [0.2, 0.25) is 5.95 Å². The number of rotatable bonds is 9. The monoisotopic (exact) mass is 563 g/mol. The van der Waals surface area contributed by atoms with E-state index in [1.165, 1.54) is 35.6 Å². The lowest BCUT2D eigenvalue weighted by Gasteiger charge is -2.30. The van der Waals surface area contributed by atoms with Gasteiger partial charge in [0, 0.05) is 31.0 Å². The number of para-hydroxylation sites is 1. The lowest BCUT2D eigenvalue weighted by atomic mass is 9.80. The highest BCUT2D eigenvalue weighted by atomic mass is 35.5. The quantitative estimate of drug-likeness (QED) is 0.294. The summed E-state index contributed by atoms with van der Waals surface area (Å²) in [6, 6.07) is 10.5. The number of aromatic nitrogens is 2. The third-order valence-corrected chi connectivity index (χ3v) is 7.24. The topological polar surface area (TPSA) is 85.4 Å². The first-order valence-electron chi connectivity index (χ1n) is 13.2. The van der Waals surface area contributed by atoms with Gasteiger partial charge < -0.3 is 25.8 Å². The zero-order valence-electron chi connectivity index (χ0n) is 23.3. The summed E-state index contributed by atoms with van der Waals surface area (Å²) in [5.74, 6) is 1.60. The van der Waals surface area contributed by atoms with Crippen LogP contribution >= 0.6 is 11.6 Å². The van der Waals surface area contributed by atoms with E-state index in [0.717, 1.165) is 38.2 Å². The van der Waals surface area contributed by atoms with Gasteiger partial charge in [-0.3, -0.25) is 4.79 Å². The average molecular weight is 564 g/mol. The fourth-order valence-corrected chi connectivity index (χ4v) is 4.93. The van der Waals surface area contributed by atoms with Gasteiger partial charge in [0.05, 0.1) is 24.0 Å². The van der Waals surface area contributed by atoms with Gasteiger partial charge in [-0.1, -0.05) is 43.5 Å². The van der Waals surface area contributed by atoms with Crippen molar-refractivity contribution in [3.8, 4) is 12.3 Å². The maximum Gasteiger partial charge on any atom is 0.254 e. The van der Waals surface area contributed by atoms with Crippen molar-refractivity contribution in [2.24, 2.45) is 0 Å². The number of hydrogen-bond acceptors (Lipinski definition) is 7. The van der Waals surface area contributed by atoms with Crippen LogP contribution in [0.1, 0.15) is 42.6 Å². The highest BCUT2D eigenvalue weighted by molar-refractivity contribution is 6.33. The number of amides is 1. The minimum Gasteiger partial charge on any atom is -0.370 e. The van der Waals surface area contributed by atoms with Gasteiger partial charge in [-0.25, -0.2) is 9.37 Å². The average Bonchev–Trinajstić information content (AvgIpc) is 3.03. The maximum atomic E-state index is 14.8. The summed E-state index contributed by atoms with van der Waals surface area (Å²) < 4.78 is 14.8. The second-order valence-electron chi connectivity index (χ2n) is 10.7. The first-order chi connectivity index (χ1) is 19.1. The predicted molar refractivity (Wildman–Crippen MR) is 161 cm³/mol. The molecule has 3 N–H and O–H groups in total. The predicted octanol–water partition coefficient (Wildman–Crippen LogP) is 5.56. The Morgan fingerprint density at radius 2 is 2.05 bits per heavy atom. The molecule has 4 rings (SSSR count). The summed E-state index contributed by atoms with van der Waals surface area (Å²) >= 11 is 6.37. The molecule has 3 aromatic rings. The van der Waals surface area contributed by atoms with Gasteiger partial charge >= 0.3 is 0 Å². The number of benzene rings is 2. The van der Waals surface area contributed by atoms with E-state index in [2.05, 4.69) is 81.7 Å². The van der Waals surface area contributed by atoms with Gasteiger partial charge in [-0.05, 0) is 62.2 Å². The van der Waals surface area contributed by atoms with Crippen LogP contribution in [0.5, 0.6) is 0 Å². The van der Waals surface area contributed by atoms with Crippen LogP contribution in [0.4, 0.5) is 33.2 Å². The number of anilines is 5. The molecule has 0 radical (unpaired) electrons. The van der Waals surface area contributed by atoms with E-state index in [0.29, 0.717) is 0 Å². The molecule has 210 valence electrons. The van der Waals surface area contributed by atoms with Crippen LogP contribution in [-0.4, -0.2) is 61.0 Å². The molecule has 0 spiro atoms. The van der Waals surface area contributed by atoms with Gasteiger partial charge in [-0.15, -0.1) is 6.42 Å². The molecule has 0 unspecified atom stereocenters. The molecule has 1 aliphatic heterocycles. The van der Waals surface area contributed by atoms with Crippen molar-refractivity contribution >= 4 is 46.3 Å². The summed E-state index contributed by atoms with van der Waals surface area (Å²) in [5.41, 5.74) is 3.38. The zero-order chi connectivity index (χ0) is 28.9. The maximum absolute atomic E-state index is 14.8. The van der Waals surface area contributed by atoms with Crippen LogP contribution in [0.2, 0.25) is 5.02 Å². The van der Waals surface area contributed by atoms with Crippen LogP contribution < -0.4 is 20.9 Å². The SMILES string of the molecule is C#CCNC(=O)c1cccc(F)c1Nc1nc(Nc2ccc3c(c2)N(CCN(C)C)CCCC3(C)C)ncc1Cl. The molecule has 1 aliphatic rings. The van der Waals surface area contributed by atoms with Crippen molar-refractivity contribution in [2.75, 3.05) is 55.8 Å². The van der Waals surface area contributed by atoms with Gasteiger partial charge in [0.15, 0.2) is 5.82 Å². The van der Waals surface area contributed by atoms with Crippen LogP contribution in [0.3, 0.4) is 0 Å². The molecule has 0 aliphatic carbocycles. The highest BCUT2D eigenvalue weighted by Gasteiger charge is 2.29. The Morgan fingerprint density at radius 3 is 2.80 bits per heavy atom. The molecule has 0 saturated carbocycles. The van der Waals surface area contributed by atoms with Crippen molar-refractivity contribution in [1.29, 1.82) is 0 Å². The summed E-state index contributed by atoms with van der Waals surface area (Å²) in [4.78, 5) is 26.0. The fraction of sp³-hybridized carbons (Fsp3) is 0.367. The van der Waals surface area contributed by atoms with E-state index in [1.54, 1.807) is 0 Å². The van der Waals surface area contributed by atoms with Crippen molar-refractivity contribution < 1.29 is 9.18 Å². The van der Waals surface area contributed by atoms with Crippen molar-refractivity contribution in [3.05, 3.63) is 64.6 Å². The summed E-state index contributed by atoms with van der Waals surface area (Å²) in [7, 11) is 4.16. The number of likely N-dealkylation sites (N-methyl/N-ethyl adjacent to an activating group) is 1. The van der Waals surface area contributed by atoms with Crippen LogP contribution in [0.25, 0.3) is 0 Å². The number of terminal acetylenes is 1. The van der Waals surface area contributed by atoms with Crippen molar-refractivity contribution in [2.45, 2.75) is 32.1 Å². The van der Waals surface area contributed by atoms with Crippen LogP contribution in [0, 0.1) is 18.2 Å². The Labute approximate surface area is 240 Å². The molecule has 2 aromatic carbocycles. The smallest absolute Gasteiger partial charge is 0.254 e. The first kappa shape index (κ1) is 29.1. The number of nitrogens with one attached hydrogen (secondary N) is 3. The van der Waals surface area contributed by atoms with Gasteiger partial charge in [0.1, 0.15) is 10.8 Å². The Hall–Kier alpha value is -3.87. The molecule has 40 heavy (non-hydrogen) atoms. The number of hydrogen-bond donors (Lipinski definition) is 3.